The van der Waals surface area contributed by atoms with Crippen LogP contribution in [0.3, 0.4) is 0 Å². The van der Waals surface area contributed by atoms with Crippen LogP contribution in [0.1, 0.15) is 16.6 Å². The van der Waals surface area contributed by atoms with Crippen LogP contribution >= 0.6 is 27.3 Å². The molecular weight excluding hydrogens is 434 g/mol. The Bertz CT molecular complexity index is 716. The van der Waals surface area contributed by atoms with Crippen LogP contribution in [-0.2, 0) is 19.6 Å². The molecule has 0 aromatic carbocycles. The number of sulfonamides is 1. The fourth-order valence-electron chi connectivity index (χ4n) is 2.18. The van der Waals surface area contributed by atoms with Crippen LogP contribution in [0.25, 0.3) is 0 Å². The molecule has 1 atom stereocenters. The summed E-state index contributed by atoms with van der Waals surface area (Å²) in [6.45, 7) is 2.97. The fraction of sp³-hybridized carbons (Fsp3) is 0.571. The molecule has 1 saturated heterocycles. The van der Waals surface area contributed by atoms with Gasteiger partial charge in [0, 0.05) is 19.6 Å². The zero-order valence-corrected chi connectivity index (χ0v) is 16.9. The summed E-state index contributed by atoms with van der Waals surface area (Å²) in [5.74, 6) is -0.961. The van der Waals surface area contributed by atoms with Gasteiger partial charge in [0.15, 0.2) is 0 Å². The highest BCUT2D eigenvalue weighted by Crippen LogP contribution is 2.21. The Morgan fingerprint density at radius 2 is 2.04 bits per heavy atom. The van der Waals surface area contributed by atoms with E-state index in [1.165, 1.54) is 15.6 Å². The first-order valence-electron chi connectivity index (χ1n) is 7.69. The van der Waals surface area contributed by atoms with Gasteiger partial charge < -0.3 is 15.4 Å². The minimum absolute atomic E-state index is 0.0106. The van der Waals surface area contributed by atoms with Gasteiger partial charge in [0.25, 0.3) is 5.91 Å². The lowest BCUT2D eigenvalue weighted by molar-refractivity contribution is -0.122. The maximum absolute atomic E-state index is 12.1. The van der Waals surface area contributed by atoms with Crippen LogP contribution in [0, 0.1) is 0 Å². The maximum atomic E-state index is 12.1. The third-order valence-electron chi connectivity index (χ3n) is 3.56. The number of nitrogens with zero attached hydrogens (tertiary/aromatic N) is 1. The smallest absolute Gasteiger partial charge is 0.262 e. The Balaban J connectivity index is 1.76. The quantitative estimate of drug-likeness (QED) is 0.621. The number of morpholine rings is 1. The highest BCUT2D eigenvalue weighted by atomic mass is 79.9. The third kappa shape index (κ3) is 6.03. The second-order valence-electron chi connectivity index (χ2n) is 5.42. The molecule has 2 heterocycles. The molecule has 1 aromatic rings. The topological polar surface area (TPSA) is 105 Å². The second-order valence-corrected chi connectivity index (χ2v) is 9.97. The Hall–Kier alpha value is -1.01. The highest BCUT2D eigenvalue weighted by molar-refractivity contribution is 9.11. The molecule has 1 fully saturated rings. The van der Waals surface area contributed by atoms with E-state index in [0.717, 1.165) is 3.79 Å². The number of hydrogen-bond donors (Lipinski definition) is 2. The molecule has 1 aliphatic heterocycles. The third-order valence-corrected chi connectivity index (χ3v) is 7.05. The van der Waals surface area contributed by atoms with E-state index in [1.54, 1.807) is 19.1 Å². The van der Waals surface area contributed by atoms with Gasteiger partial charge in [-0.15, -0.1) is 11.3 Å². The Kier molecular flexibility index (Phi) is 7.37. The van der Waals surface area contributed by atoms with E-state index < -0.39 is 22.0 Å². The van der Waals surface area contributed by atoms with E-state index >= 15 is 0 Å². The first-order chi connectivity index (χ1) is 11.8. The lowest BCUT2D eigenvalue weighted by atomic mass is 10.3. The SMILES string of the molecule is CC(NC(=O)c1ccc(Br)s1)C(=O)NCCS(=O)(=O)N1CCOCC1. The number of hydrogen-bond acceptors (Lipinski definition) is 6. The number of carbonyl (C=O) groups is 2. The van der Waals surface area contributed by atoms with E-state index in [1.807, 2.05) is 0 Å². The van der Waals surface area contributed by atoms with Gasteiger partial charge in [0.1, 0.15) is 6.04 Å². The summed E-state index contributed by atoms with van der Waals surface area (Å²) in [4.78, 5) is 24.5. The van der Waals surface area contributed by atoms with Crippen molar-refractivity contribution in [3.63, 3.8) is 0 Å². The molecule has 0 bridgehead atoms. The van der Waals surface area contributed by atoms with Crippen molar-refractivity contribution in [1.29, 1.82) is 0 Å². The van der Waals surface area contributed by atoms with Crippen LogP contribution in [0.4, 0.5) is 0 Å². The van der Waals surface area contributed by atoms with Gasteiger partial charge in [-0.2, -0.15) is 4.31 Å². The van der Waals surface area contributed by atoms with Crippen LogP contribution in [0.15, 0.2) is 15.9 Å². The predicted octanol–water partition coefficient (Wildman–Crippen LogP) is 0.407. The summed E-state index contributed by atoms with van der Waals surface area (Å²) in [6, 6.07) is 2.64. The van der Waals surface area contributed by atoms with Gasteiger partial charge in [0.05, 0.1) is 27.6 Å². The maximum Gasteiger partial charge on any atom is 0.262 e. The van der Waals surface area contributed by atoms with Crippen molar-refractivity contribution < 1.29 is 22.7 Å². The summed E-state index contributed by atoms with van der Waals surface area (Å²) >= 11 is 4.54. The summed E-state index contributed by atoms with van der Waals surface area (Å²) in [6.07, 6.45) is 0. The highest BCUT2D eigenvalue weighted by Gasteiger charge is 2.24. The molecule has 0 aliphatic carbocycles. The molecule has 0 saturated carbocycles. The molecular formula is C14H20BrN3O5S2. The normalized spacial score (nSPS) is 17.0. The molecule has 11 heteroatoms. The average Bonchev–Trinajstić information content (AvgIpc) is 3.02. The molecule has 1 aromatic heterocycles. The van der Waals surface area contributed by atoms with Crippen molar-refractivity contribution in [2.45, 2.75) is 13.0 Å². The van der Waals surface area contributed by atoms with Crippen LogP contribution < -0.4 is 10.6 Å². The minimum Gasteiger partial charge on any atom is -0.379 e. The largest absolute Gasteiger partial charge is 0.379 e. The lowest BCUT2D eigenvalue weighted by Gasteiger charge is -2.26. The Morgan fingerprint density at radius 1 is 1.36 bits per heavy atom. The number of halogens is 1. The number of carbonyl (C=O) groups excluding carboxylic acids is 2. The van der Waals surface area contributed by atoms with E-state index in [2.05, 4.69) is 26.6 Å². The van der Waals surface area contributed by atoms with Gasteiger partial charge in [-0.3, -0.25) is 9.59 Å². The van der Waals surface area contributed by atoms with Gasteiger partial charge in [0.2, 0.25) is 15.9 Å². The first kappa shape index (κ1) is 20.3. The van der Waals surface area contributed by atoms with Gasteiger partial charge in [-0.25, -0.2) is 8.42 Å². The standard InChI is InChI=1S/C14H20BrN3O5S2/c1-10(17-14(20)11-2-3-12(15)24-11)13(19)16-4-9-25(21,22)18-5-7-23-8-6-18/h2-3,10H,4-9H2,1H3,(H,16,19)(H,17,20). The Labute approximate surface area is 159 Å². The van der Waals surface area contributed by atoms with Gasteiger partial charge in [-0.05, 0) is 35.0 Å². The molecule has 2 rings (SSSR count). The van der Waals surface area contributed by atoms with Crippen molar-refractivity contribution in [1.82, 2.24) is 14.9 Å². The van der Waals surface area contributed by atoms with Crippen molar-refractivity contribution in [3.05, 3.63) is 20.8 Å². The van der Waals surface area contributed by atoms with Crippen molar-refractivity contribution in [2.24, 2.45) is 0 Å². The molecule has 0 spiro atoms. The van der Waals surface area contributed by atoms with Crippen molar-refractivity contribution in [2.75, 3.05) is 38.6 Å². The summed E-state index contributed by atoms with van der Waals surface area (Å²) in [5.41, 5.74) is 0. The van der Waals surface area contributed by atoms with Crippen LogP contribution in [0.2, 0.25) is 0 Å². The minimum atomic E-state index is -3.42. The van der Waals surface area contributed by atoms with E-state index in [-0.39, 0.29) is 18.2 Å². The molecule has 2 N–H and O–H groups in total. The fourth-order valence-corrected chi connectivity index (χ4v) is 4.79. The number of amides is 2. The molecule has 8 nitrogen and oxygen atoms in total. The molecule has 0 radical (unpaired) electrons. The first-order valence-corrected chi connectivity index (χ1v) is 10.9. The van der Waals surface area contributed by atoms with Crippen LogP contribution in [0.5, 0.6) is 0 Å². The zero-order valence-electron chi connectivity index (χ0n) is 13.7. The van der Waals surface area contributed by atoms with E-state index in [4.69, 9.17) is 4.74 Å². The second kappa shape index (κ2) is 9.08. The molecule has 25 heavy (non-hydrogen) atoms. The summed E-state index contributed by atoms with van der Waals surface area (Å²) in [7, 11) is -3.42. The zero-order chi connectivity index (χ0) is 18.4. The number of rotatable bonds is 7. The van der Waals surface area contributed by atoms with Crippen molar-refractivity contribution in [3.8, 4) is 0 Å². The molecule has 1 aliphatic rings. The number of ether oxygens (including phenoxy) is 1. The summed E-state index contributed by atoms with van der Waals surface area (Å²) in [5, 5.41) is 5.13. The van der Waals surface area contributed by atoms with Crippen molar-refractivity contribution >= 4 is 49.1 Å². The van der Waals surface area contributed by atoms with E-state index in [9.17, 15) is 18.0 Å². The average molecular weight is 454 g/mol. The molecule has 140 valence electrons. The monoisotopic (exact) mass is 453 g/mol. The number of thiophene rings is 1. The van der Waals surface area contributed by atoms with Crippen LogP contribution in [-0.4, -0.2) is 69.2 Å². The molecule has 2 amide bonds. The van der Waals surface area contributed by atoms with Gasteiger partial charge in [-0.1, -0.05) is 0 Å². The Morgan fingerprint density at radius 3 is 2.64 bits per heavy atom. The summed E-state index contributed by atoms with van der Waals surface area (Å²) < 4.78 is 31.6. The number of nitrogens with one attached hydrogen (secondary N) is 2. The lowest BCUT2D eigenvalue weighted by Crippen LogP contribution is -2.47. The van der Waals surface area contributed by atoms with E-state index in [0.29, 0.717) is 31.2 Å². The molecule has 1 unspecified atom stereocenters. The van der Waals surface area contributed by atoms with Gasteiger partial charge >= 0.3 is 0 Å². The predicted molar refractivity (Wildman–Crippen MR) is 98.1 cm³/mol.